The van der Waals surface area contributed by atoms with E-state index in [9.17, 15) is 0 Å². The van der Waals surface area contributed by atoms with Gasteiger partial charge in [-0.3, -0.25) is 10.1 Å². The van der Waals surface area contributed by atoms with Crippen LogP contribution in [0, 0.1) is 6.92 Å². The smallest absolute Gasteiger partial charge is 0.238 e. The van der Waals surface area contributed by atoms with Crippen LogP contribution in [0.2, 0.25) is 0 Å². The van der Waals surface area contributed by atoms with Crippen molar-refractivity contribution < 1.29 is 4.74 Å². The van der Waals surface area contributed by atoms with Gasteiger partial charge in [0.2, 0.25) is 5.88 Å². The Hall–Kier alpha value is -2.04. The number of nitrogens with zero attached hydrogens (tertiary/aromatic N) is 2. The zero-order chi connectivity index (χ0) is 12.1. The molecule has 0 fully saturated rings. The Labute approximate surface area is 100 Å². The standard InChI is InChI=1S/C12H16N4O/c1-3-4-14-10-6-11(8-13-7-10)17-12-5-9(2)15-16-12/h5-8,14H,3-4H2,1-2H3,(H,15,16). The van der Waals surface area contributed by atoms with Gasteiger partial charge in [-0.1, -0.05) is 6.92 Å². The Morgan fingerprint density at radius 1 is 1.35 bits per heavy atom. The van der Waals surface area contributed by atoms with Crippen molar-refractivity contribution in [1.82, 2.24) is 15.2 Å². The number of hydrogen-bond acceptors (Lipinski definition) is 4. The van der Waals surface area contributed by atoms with Crippen LogP contribution in [-0.4, -0.2) is 21.7 Å². The molecule has 2 aromatic heterocycles. The van der Waals surface area contributed by atoms with Gasteiger partial charge in [0.05, 0.1) is 18.1 Å². The molecule has 5 nitrogen and oxygen atoms in total. The van der Waals surface area contributed by atoms with Gasteiger partial charge in [0.15, 0.2) is 0 Å². The monoisotopic (exact) mass is 232 g/mol. The van der Waals surface area contributed by atoms with Gasteiger partial charge in [0, 0.05) is 24.4 Å². The van der Waals surface area contributed by atoms with Gasteiger partial charge in [-0.2, -0.15) is 0 Å². The molecule has 0 saturated carbocycles. The SMILES string of the molecule is CCCNc1cncc(Oc2cc(C)[nH]n2)c1. The summed E-state index contributed by atoms with van der Waals surface area (Å²) in [5, 5.41) is 10.1. The average Bonchev–Trinajstić information content (AvgIpc) is 2.73. The second-order valence-electron chi connectivity index (χ2n) is 3.83. The predicted octanol–water partition coefficient (Wildman–Crippen LogP) is 2.73. The van der Waals surface area contributed by atoms with Crippen molar-refractivity contribution in [3.63, 3.8) is 0 Å². The van der Waals surface area contributed by atoms with Gasteiger partial charge >= 0.3 is 0 Å². The van der Waals surface area contributed by atoms with Crippen molar-refractivity contribution in [2.24, 2.45) is 0 Å². The van der Waals surface area contributed by atoms with Crippen LogP contribution < -0.4 is 10.1 Å². The number of pyridine rings is 1. The molecule has 2 heterocycles. The lowest BCUT2D eigenvalue weighted by Gasteiger charge is -2.06. The lowest BCUT2D eigenvalue weighted by Crippen LogP contribution is -2.00. The fourth-order valence-corrected chi connectivity index (χ4v) is 1.41. The van der Waals surface area contributed by atoms with E-state index in [4.69, 9.17) is 4.74 Å². The number of ether oxygens (including phenoxy) is 1. The Balaban J connectivity index is 2.05. The van der Waals surface area contributed by atoms with Crippen molar-refractivity contribution in [3.05, 3.63) is 30.2 Å². The Morgan fingerprint density at radius 2 is 2.24 bits per heavy atom. The van der Waals surface area contributed by atoms with Crippen LogP contribution in [0.5, 0.6) is 11.6 Å². The summed E-state index contributed by atoms with van der Waals surface area (Å²) in [4.78, 5) is 4.12. The summed E-state index contributed by atoms with van der Waals surface area (Å²) in [7, 11) is 0. The quantitative estimate of drug-likeness (QED) is 0.832. The molecular weight excluding hydrogens is 216 g/mol. The van der Waals surface area contributed by atoms with E-state index in [1.165, 1.54) is 0 Å². The molecule has 0 aliphatic rings. The third kappa shape index (κ3) is 3.21. The Kier molecular flexibility index (Phi) is 3.59. The van der Waals surface area contributed by atoms with Crippen LogP contribution in [0.25, 0.3) is 0 Å². The maximum Gasteiger partial charge on any atom is 0.238 e. The van der Waals surface area contributed by atoms with Crippen molar-refractivity contribution in [2.75, 3.05) is 11.9 Å². The number of anilines is 1. The molecule has 5 heteroatoms. The van der Waals surface area contributed by atoms with E-state index in [2.05, 4.69) is 27.4 Å². The van der Waals surface area contributed by atoms with Gasteiger partial charge in [-0.15, -0.1) is 5.10 Å². The molecule has 0 bridgehead atoms. The largest absolute Gasteiger partial charge is 0.436 e. The highest BCUT2D eigenvalue weighted by Gasteiger charge is 2.02. The Bertz CT molecular complexity index is 481. The van der Waals surface area contributed by atoms with Gasteiger partial charge in [-0.25, -0.2) is 0 Å². The first-order valence-corrected chi connectivity index (χ1v) is 5.66. The molecule has 2 rings (SSSR count). The third-order valence-electron chi connectivity index (χ3n) is 2.20. The van der Waals surface area contributed by atoms with E-state index in [0.717, 1.165) is 24.3 Å². The molecule has 17 heavy (non-hydrogen) atoms. The fraction of sp³-hybridized carbons (Fsp3) is 0.333. The zero-order valence-corrected chi connectivity index (χ0v) is 10.0. The number of rotatable bonds is 5. The molecule has 2 aromatic rings. The van der Waals surface area contributed by atoms with E-state index in [0.29, 0.717) is 11.6 Å². The summed E-state index contributed by atoms with van der Waals surface area (Å²) in [6.07, 6.45) is 4.52. The maximum absolute atomic E-state index is 5.57. The Morgan fingerprint density at radius 3 is 2.94 bits per heavy atom. The number of hydrogen-bond donors (Lipinski definition) is 2. The second-order valence-corrected chi connectivity index (χ2v) is 3.83. The molecule has 0 aliphatic heterocycles. The van der Waals surface area contributed by atoms with Crippen LogP contribution >= 0.6 is 0 Å². The van der Waals surface area contributed by atoms with Crippen molar-refractivity contribution in [3.8, 4) is 11.6 Å². The highest BCUT2D eigenvalue weighted by atomic mass is 16.5. The number of nitrogens with one attached hydrogen (secondary N) is 2. The molecule has 0 aliphatic carbocycles. The van der Waals surface area contributed by atoms with Gasteiger partial charge < -0.3 is 10.1 Å². The lowest BCUT2D eigenvalue weighted by atomic mass is 10.3. The molecule has 0 saturated heterocycles. The molecular formula is C12H16N4O. The summed E-state index contributed by atoms with van der Waals surface area (Å²) in [6.45, 7) is 4.97. The first kappa shape index (κ1) is 11.4. The minimum Gasteiger partial charge on any atom is -0.436 e. The normalized spacial score (nSPS) is 10.2. The molecule has 0 radical (unpaired) electrons. The third-order valence-corrected chi connectivity index (χ3v) is 2.20. The van der Waals surface area contributed by atoms with E-state index in [1.54, 1.807) is 12.4 Å². The highest BCUT2D eigenvalue weighted by Crippen LogP contribution is 2.21. The van der Waals surface area contributed by atoms with Crippen LogP contribution in [0.4, 0.5) is 5.69 Å². The van der Waals surface area contributed by atoms with Crippen LogP contribution in [0.1, 0.15) is 19.0 Å². The van der Waals surface area contributed by atoms with E-state index < -0.39 is 0 Å². The van der Waals surface area contributed by atoms with E-state index >= 15 is 0 Å². The molecule has 0 spiro atoms. The molecule has 0 aromatic carbocycles. The number of aryl methyl sites for hydroxylation is 1. The van der Waals surface area contributed by atoms with Gasteiger partial charge in [0.25, 0.3) is 0 Å². The first-order chi connectivity index (χ1) is 8.28. The van der Waals surface area contributed by atoms with Crippen molar-refractivity contribution in [2.45, 2.75) is 20.3 Å². The fourth-order valence-electron chi connectivity index (χ4n) is 1.41. The molecule has 2 N–H and O–H groups in total. The predicted molar refractivity (Wildman–Crippen MR) is 66.4 cm³/mol. The van der Waals surface area contributed by atoms with Crippen LogP contribution in [0.3, 0.4) is 0 Å². The van der Waals surface area contributed by atoms with Crippen LogP contribution in [0.15, 0.2) is 24.5 Å². The minimum absolute atomic E-state index is 0.553. The molecule has 0 unspecified atom stereocenters. The average molecular weight is 232 g/mol. The van der Waals surface area contributed by atoms with Crippen molar-refractivity contribution in [1.29, 1.82) is 0 Å². The molecule has 0 atom stereocenters. The van der Waals surface area contributed by atoms with E-state index in [1.807, 2.05) is 19.1 Å². The van der Waals surface area contributed by atoms with Crippen molar-refractivity contribution >= 4 is 5.69 Å². The molecule has 0 amide bonds. The van der Waals surface area contributed by atoms with E-state index in [-0.39, 0.29) is 0 Å². The summed E-state index contributed by atoms with van der Waals surface area (Å²) in [5.74, 6) is 1.23. The minimum atomic E-state index is 0.553. The topological polar surface area (TPSA) is 62.8 Å². The summed E-state index contributed by atoms with van der Waals surface area (Å²) < 4.78 is 5.57. The number of aromatic nitrogens is 3. The van der Waals surface area contributed by atoms with Gasteiger partial charge in [0.1, 0.15) is 5.75 Å². The zero-order valence-electron chi connectivity index (χ0n) is 10.0. The summed E-state index contributed by atoms with van der Waals surface area (Å²) in [6, 6.07) is 3.75. The lowest BCUT2D eigenvalue weighted by molar-refractivity contribution is 0.459. The highest BCUT2D eigenvalue weighted by molar-refractivity contribution is 5.45. The summed E-state index contributed by atoms with van der Waals surface area (Å²) >= 11 is 0. The molecule has 90 valence electrons. The first-order valence-electron chi connectivity index (χ1n) is 5.66. The maximum atomic E-state index is 5.57. The second kappa shape index (κ2) is 5.34. The number of H-pyrrole nitrogens is 1. The number of aromatic amines is 1. The summed E-state index contributed by atoms with van der Waals surface area (Å²) in [5.41, 5.74) is 1.92. The van der Waals surface area contributed by atoms with Gasteiger partial charge in [-0.05, 0) is 13.3 Å². The van der Waals surface area contributed by atoms with Crippen LogP contribution in [-0.2, 0) is 0 Å².